The van der Waals surface area contributed by atoms with Crippen molar-refractivity contribution < 1.29 is 4.79 Å². The highest BCUT2D eigenvalue weighted by Gasteiger charge is 2.29. The van der Waals surface area contributed by atoms with Crippen molar-refractivity contribution in [1.29, 1.82) is 0 Å². The summed E-state index contributed by atoms with van der Waals surface area (Å²) in [6, 6.07) is 0. The molecule has 0 bridgehead atoms. The standard InChI is InChI=1S/C19H34O/c1-19(2,3)14-18(20)17(13-16-9-6-10-16)12-11-15-7-4-5-8-15/h15-17H,4-14H2,1-3H3. The normalized spacial score (nSPS) is 22.8. The van der Waals surface area contributed by atoms with E-state index in [1.807, 2.05) is 0 Å². The molecule has 20 heavy (non-hydrogen) atoms. The van der Waals surface area contributed by atoms with Crippen molar-refractivity contribution in [2.24, 2.45) is 23.2 Å². The molecule has 0 aromatic rings. The van der Waals surface area contributed by atoms with Crippen LogP contribution in [0.5, 0.6) is 0 Å². The van der Waals surface area contributed by atoms with Gasteiger partial charge in [-0.15, -0.1) is 0 Å². The average Bonchev–Trinajstić information content (AvgIpc) is 2.77. The minimum absolute atomic E-state index is 0.155. The van der Waals surface area contributed by atoms with Gasteiger partial charge in [-0.3, -0.25) is 4.79 Å². The first-order valence-corrected chi connectivity index (χ1v) is 8.97. The van der Waals surface area contributed by atoms with Crippen LogP contribution >= 0.6 is 0 Å². The van der Waals surface area contributed by atoms with Crippen LogP contribution in [0.15, 0.2) is 0 Å². The molecule has 0 aromatic carbocycles. The summed E-state index contributed by atoms with van der Waals surface area (Å²) in [5, 5.41) is 0. The number of carbonyl (C=O) groups is 1. The van der Waals surface area contributed by atoms with Gasteiger partial charge in [0.05, 0.1) is 0 Å². The highest BCUT2D eigenvalue weighted by atomic mass is 16.1. The molecule has 1 unspecified atom stereocenters. The monoisotopic (exact) mass is 278 g/mol. The predicted octanol–water partition coefficient (Wildman–Crippen LogP) is 5.77. The van der Waals surface area contributed by atoms with Crippen LogP contribution in [0.3, 0.4) is 0 Å². The Morgan fingerprint density at radius 2 is 1.60 bits per heavy atom. The van der Waals surface area contributed by atoms with Crippen molar-refractivity contribution in [1.82, 2.24) is 0 Å². The summed E-state index contributed by atoms with van der Waals surface area (Å²) >= 11 is 0. The summed E-state index contributed by atoms with van der Waals surface area (Å²) in [4.78, 5) is 12.6. The van der Waals surface area contributed by atoms with Gasteiger partial charge in [-0.25, -0.2) is 0 Å². The quantitative estimate of drug-likeness (QED) is 0.578. The van der Waals surface area contributed by atoms with Crippen LogP contribution in [-0.4, -0.2) is 5.78 Å². The molecule has 2 rings (SSSR count). The Morgan fingerprint density at radius 3 is 2.10 bits per heavy atom. The maximum Gasteiger partial charge on any atom is 0.136 e. The summed E-state index contributed by atoms with van der Waals surface area (Å²) in [7, 11) is 0. The largest absolute Gasteiger partial charge is 0.299 e. The Labute approximate surface area is 125 Å². The van der Waals surface area contributed by atoms with Gasteiger partial charge in [0, 0.05) is 12.3 Å². The molecule has 2 fully saturated rings. The van der Waals surface area contributed by atoms with Crippen LogP contribution in [0.1, 0.15) is 91.4 Å². The Morgan fingerprint density at radius 1 is 1.00 bits per heavy atom. The van der Waals surface area contributed by atoms with E-state index in [0.29, 0.717) is 11.7 Å². The van der Waals surface area contributed by atoms with Gasteiger partial charge in [0.25, 0.3) is 0 Å². The van der Waals surface area contributed by atoms with Crippen LogP contribution in [0.2, 0.25) is 0 Å². The van der Waals surface area contributed by atoms with Gasteiger partial charge in [-0.1, -0.05) is 65.7 Å². The molecule has 0 aliphatic heterocycles. The zero-order valence-corrected chi connectivity index (χ0v) is 13.9. The third kappa shape index (κ3) is 5.22. The second kappa shape index (κ2) is 7.09. The van der Waals surface area contributed by atoms with E-state index in [-0.39, 0.29) is 5.41 Å². The molecule has 0 spiro atoms. The van der Waals surface area contributed by atoms with Gasteiger partial charge < -0.3 is 0 Å². The lowest BCUT2D eigenvalue weighted by molar-refractivity contribution is -0.125. The molecular formula is C19H34O. The van der Waals surface area contributed by atoms with Gasteiger partial charge >= 0.3 is 0 Å². The van der Waals surface area contributed by atoms with Gasteiger partial charge in [0.15, 0.2) is 0 Å². The SMILES string of the molecule is CC(C)(C)CC(=O)C(CCC1CCCC1)CC1CCC1. The molecule has 1 atom stereocenters. The Balaban J connectivity index is 1.83. The Bertz CT molecular complexity index is 302. The number of carbonyl (C=O) groups excluding carboxylic acids is 1. The van der Waals surface area contributed by atoms with E-state index in [1.54, 1.807) is 0 Å². The topological polar surface area (TPSA) is 17.1 Å². The third-order valence-corrected chi connectivity index (χ3v) is 5.40. The fraction of sp³-hybridized carbons (Fsp3) is 0.947. The molecule has 116 valence electrons. The van der Waals surface area contributed by atoms with E-state index in [9.17, 15) is 4.79 Å². The average molecular weight is 278 g/mol. The molecule has 0 saturated heterocycles. The first-order chi connectivity index (χ1) is 9.44. The predicted molar refractivity (Wildman–Crippen MR) is 85.7 cm³/mol. The number of rotatable bonds is 7. The molecule has 0 heterocycles. The second-order valence-electron chi connectivity index (χ2n) is 8.66. The van der Waals surface area contributed by atoms with Crippen LogP contribution in [-0.2, 0) is 4.79 Å². The maximum absolute atomic E-state index is 12.6. The van der Waals surface area contributed by atoms with Crippen molar-refractivity contribution in [3.63, 3.8) is 0 Å². The first kappa shape index (κ1) is 16.0. The zero-order valence-electron chi connectivity index (χ0n) is 13.9. The van der Waals surface area contributed by atoms with Crippen LogP contribution in [0.25, 0.3) is 0 Å². The van der Waals surface area contributed by atoms with E-state index in [0.717, 1.165) is 18.3 Å². The number of ketones is 1. The highest BCUT2D eigenvalue weighted by Crippen LogP contribution is 2.37. The van der Waals surface area contributed by atoms with Gasteiger partial charge in [-0.2, -0.15) is 0 Å². The fourth-order valence-electron chi connectivity index (χ4n) is 3.94. The van der Waals surface area contributed by atoms with Crippen LogP contribution in [0, 0.1) is 23.2 Å². The van der Waals surface area contributed by atoms with E-state index >= 15 is 0 Å². The lowest BCUT2D eigenvalue weighted by Crippen LogP contribution is -2.25. The van der Waals surface area contributed by atoms with Crippen molar-refractivity contribution >= 4 is 5.78 Å². The van der Waals surface area contributed by atoms with Crippen molar-refractivity contribution in [2.45, 2.75) is 91.4 Å². The highest BCUT2D eigenvalue weighted by molar-refractivity contribution is 5.81. The lowest BCUT2D eigenvalue weighted by Gasteiger charge is -2.31. The van der Waals surface area contributed by atoms with Crippen LogP contribution in [0.4, 0.5) is 0 Å². The molecule has 2 saturated carbocycles. The number of hydrogen-bond donors (Lipinski definition) is 0. The lowest BCUT2D eigenvalue weighted by atomic mass is 9.74. The van der Waals surface area contributed by atoms with E-state index in [2.05, 4.69) is 20.8 Å². The number of Topliss-reactive ketones (excluding diaryl/α,β-unsaturated/α-hetero) is 1. The second-order valence-corrected chi connectivity index (χ2v) is 8.66. The van der Waals surface area contributed by atoms with Crippen molar-refractivity contribution in [3.05, 3.63) is 0 Å². The summed E-state index contributed by atoms with van der Waals surface area (Å²) in [5.41, 5.74) is 0.155. The maximum atomic E-state index is 12.6. The zero-order chi connectivity index (χ0) is 14.6. The molecule has 0 amide bonds. The third-order valence-electron chi connectivity index (χ3n) is 5.40. The Kier molecular flexibility index (Phi) is 5.69. The van der Waals surface area contributed by atoms with E-state index in [1.165, 1.54) is 64.2 Å². The summed E-state index contributed by atoms with van der Waals surface area (Å²) in [5.74, 6) is 2.73. The van der Waals surface area contributed by atoms with Gasteiger partial charge in [-0.05, 0) is 36.5 Å². The summed E-state index contributed by atoms with van der Waals surface area (Å²) in [6.45, 7) is 6.59. The van der Waals surface area contributed by atoms with Gasteiger partial charge in [0.2, 0.25) is 0 Å². The Hall–Kier alpha value is -0.330. The number of hydrogen-bond acceptors (Lipinski definition) is 1. The van der Waals surface area contributed by atoms with Crippen LogP contribution < -0.4 is 0 Å². The molecule has 0 radical (unpaired) electrons. The van der Waals surface area contributed by atoms with Crippen molar-refractivity contribution in [2.75, 3.05) is 0 Å². The molecule has 1 nitrogen and oxygen atoms in total. The summed E-state index contributed by atoms with van der Waals surface area (Å²) in [6.07, 6.45) is 14.3. The minimum atomic E-state index is 0.155. The molecular weight excluding hydrogens is 244 g/mol. The first-order valence-electron chi connectivity index (χ1n) is 8.97. The fourth-order valence-corrected chi connectivity index (χ4v) is 3.94. The molecule has 0 N–H and O–H groups in total. The minimum Gasteiger partial charge on any atom is -0.299 e. The smallest absolute Gasteiger partial charge is 0.136 e. The summed E-state index contributed by atoms with van der Waals surface area (Å²) < 4.78 is 0. The molecule has 0 aromatic heterocycles. The van der Waals surface area contributed by atoms with Crippen molar-refractivity contribution in [3.8, 4) is 0 Å². The van der Waals surface area contributed by atoms with E-state index < -0.39 is 0 Å². The molecule has 2 aliphatic carbocycles. The molecule has 2 aliphatic rings. The van der Waals surface area contributed by atoms with Gasteiger partial charge in [0.1, 0.15) is 5.78 Å². The molecule has 1 heteroatoms. The van der Waals surface area contributed by atoms with E-state index in [4.69, 9.17) is 0 Å².